The van der Waals surface area contributed by atoms with E-state index >= 15 is 0 Å². The third-order valence-electron chi connectivity index (χ3n) is 3.59. The van der Waals surface area contributed by atoms with E-state index in [9.17, 15) is 0 Å². The summed E-state index contributed by atoms with van der Waals surface area (Å²) in [6, 6.07) is 1.07. The molecule has 0 spiro atoms. The van der Waals surface area contributed by atoms with Gasteiger partial charge < -0.3 is 9.84 Å². The van der Waals surface area contributed by atoms with Crippen molar-refractivity contribution in [2.24, 2.45) is 11.8 Å². The Morgan fingerprint density at radius 2 is 2.27 bits per heavy atom. The minimum atomic E-state index is 0.495. The highest BCUT2D eigenvalue weighted by molar-refractivity contribution is 5.21. The monoisotopic (exact) mass is 209 g/mol. The molecular weight excluding hydrogens is 190 g/mol. The van der Waals surface area contributed by atoms with E-state index in [4.69, 9.17) is 4.52 Å². The van der Waals surface area contributed by atoms with Gasteiger partial charge in [-0.15, -0.1) is 0 Å². The van der Waals surface area contributed by atoms with Gasteiger partial charge in [0.25, 0.3) is 0 Å². The summed E-state index contributed by atoms with van der Waals surface area (Å²) in [5.41, 5.74) is 0. The highest BCUT2D eigenvalue weighted by Crippen LogP contribution is 2.35. The molecule has 3 unspecified atom stereocenters. The second-order valence-electron chi connectivity index (χ2n) is 4.50. The lowest BCUT2D eigenvalue weighted by atomic mass is 9.94. The molecule has 0 aromatic carbocycles. The Morgan fingerprint density at radius 3 is 2.80 bits per heavy atom. The average molecular weight is 209 g/mol. The molecule has 1 aliphatic rings. The molecular formula is C11H19N3O. The lowest BCUT2D eigenvalue weighted by Gasteiger charge is -2.19. The normalized spacial score (nSPS) is 30.7. The fraction of sp³-hybridized carbons (Fsp3) is 0.818. The van der Waals surface area contributed by atoms with Crippen LogP contribution in [0.2, 0.25) is 0 Å². The molecule has 1 aromatic rings. The van der Waals surface area contributed by atoms with Crippen LogP contribution in [0.25, 0.3) is 0 Å². The molecule has 1 aromatic heterocycles. The van der Waals surface area contributed by atoms with Gasteiger partial charge >= 0.3 is 6.01 Å². The molecule has 1 heterocycles. The fourth-order valence-electron chi connectivity index (χ4n) is 2.54. The number of rotatable bonds is 3. The zero-order valence-electron chi connectivity index (χ0n) is 9.66. The van der Waals surface area contributed by atoms with Crippen LogP contribution >= 0.6 is 0 Å². The van der Waals surface area contributed by atoms with Gasteiger partial charge in [-0.2, -0.15) is 4.98 Å². The number of aryl methyl sites for hydroxylation is 1. The van der Waals surface area contributed by atoms with Gasteiger partial charge in [-0.25, -0.2) is 0 Å². The lowest BCUT2D eigenvalue weighted by Crippen LogP contribution is -2.24. The molecule has 15 heavy (non-hydrogen) atoms. The third-order valence-corrected chi connectivity index (χ3v) is 3.59. The Balaban J connectivity index is 1.96. The van der Waals surface area contributed by atoms with Gasteiger partial charge in [-0.3, -0.25) is 0 Å². The molecule has 0 bridgehead atoms. The van der Waals surface area contributed by atoms with E-state index < -0.39 is 0 Å². The Labute approximate surface area is 90.4 Å². The Hall–Kier alpha value is -1.06. The summed E-state index contributed by atoms with van der Waals surface area (Å²) in [7, 11) is 0. The van der Waals surface area contributed by atoms with Crippen molar-refractivity contribution in [2.75, 3.05) is 5.32 Å². The largest absolute Gasteiger partial charge is 0.335 e. The van der Waals surface area contributed by atoms with Gasteiger partial charge in [0.15, 0.2) is 5.82 Å². The molecule has 0 saturated heterocycles. The SMILES string of the molecule is CCC1CCC(Nc2nc(C)no2)C1C. The molecule has 1 saturated carbocycles. The first-order valence-electron chi connectivity index (χ1n) is 5.77. The van der Waals surface area contributed by atoms with Crippen molar-refractivity contribution in [3.05, 3.63) is 5.82 Å². The summed E-state index contributed by atoms with van der Waals surface area (Å²) in [6.45, 7) is 6.41. The van der Waals surface area contributed by atoms with Crippen LogP contribution in [-0.4, -0.2) is 16.2 Å². The minimum absolute atomic E-state index is 0.495. The van der Waals surface area contributed by atoms with Gasteiger partial charge in [0.05, 0.1) is 0 Å². The summed E-state index contributed by atoms with van der Waals surface area (Å²) in [5.74, 6) is 2.23. The van der Waals surface area contributed by atoms with Crippen LogP contribution in [0.3, 0.4) is 0 Å². The summed E-state index contributed by atoms with van der Waals surface area (Å²) < 4.78 is 5.07. The number of aromatic nitrogens is 2. The molecule has 1 fully saturated rings. The average Bonchev–Trinajstić information content (AvgIpc) is 2.76. The molecule has 0 aliphatic heterocycles. The molecule has 4 nitrogen and oxygen atoms in total. The Morgan fingerprint density at radius 1 is 1.47 bits per heavy atom. The van der Waals surface area contributed by atoms with Crippen molar-refractivity contribution in [1.82, 2.24) is 10.1 Å². The summed E-state index contributed by atoms with van der Waals surface area (Å²) in [4.78, 5) is 4.17. The highest BCUT2D eigenvalue weighted by Gasteiger charge is 2.32. The first-order valence-corrected chi connectivity index (χ1v) is 5.77. The summed E-state index contributed by atoms with van der Waals surface area (Å²) in [6.07, 6.45) is 3.78. The minimum Gasteiger partial charge on any atom is -0.335 e. The van der Waals surface area contributed by atoms with Gasteiger partial charge in [0, 0.05) is 6.04 Å². The summed E-state index contributed by atoms with van der Waals surface area (Å²) in [5, 5.41) is 7.11. The summed E-state index contributed by atoms with van der Waals surface area (Å²) >= 11 is 0. The number of anilines is 1. The van der Waals surface area contributed by atoms with Crippen LogP contribution in [0, 0.1) is 18.8 Å². The van der Waals surface area contributed by atoms with E-state index in [0.717, 1.165) is 5.92 Å². The lowest BCUT2D eigenvalue weighted by molar-refractivity contribution is 0.378. The standard InChI is InChI=1S/C11H19N3O/c1-4-9-5-6-10(7(9)2)13-11-12-8(3)14-15-11/h7,9-10H,4-6H2,1-3H3,(H,12,13,14). The van der Waals surface area contributed by atoms with E-state index in [1.807, 2.05) is 6.92 Å². The molecule has 0 amide bonds. The molecule has 1 N–H and O–H groups in total. The molecule has 84 valence electrons. The van der Waals surface area contributed by atoms with Crippen molar-refractivity contribution in [2.45, 2.75) is 46.1 Å². The van der Waals surface area contributed by atoms with E-state index in [1.54, 1.807) is 0 Å². The van der Waals surface area contributed by atoms with Gasteiger partial charge in [0.1, 0.15) is 0 Å². The van der Waals surface area contributed by atoms with Crippen molar-refractivity contribution in [1.29, 1.82) is 0 Å². The topological polar surface area (TPSA) is 51.0 Å². The zero-order valence-corrected chi connectivity index (χ0v) is 9.66. The van der Waals surface area contributed by atoms with Gasteiger partial charge in [0.2, 0.25) is 0 Å². The maximum Gasteiger partial charge on any atom is 0.321 e. The predicted molar refractivity (Wildman–Crippen MR) is 58.6 cm³/mol. The van der Waals surface area contributed by atoms with Crippen LogP contribution in [0.5, 0.6) is 0 Å². The van der Waals surface area contributed by atoms with Crippen molar-refractivity contribution >= 4 is 6.01 Å². The third kappa shape index (κ3) is 2.13. The van der Waals surface area contributed by atoms with E-state index in [1.165, 1.54) is 19.3 Å². The predicted octanol–water partition coefficient (Wildman–Crippen LogP) is 2.61. The molecule has 1 aliphatic carbocycles. The first kappa shape index (κ1) is 10.5. The zero-order chi connectivity index (χ0) is 10.8. The van der Waals surface area contributed by atoms with Crippen LogP contribution in [0.1, 0.15) is 38.9 Å². The quantitative estimate of drug-likeness (QED) is 0.831. The molecule has 0 radical (unpaired) electrons. The van der Waals surface area contributed by atoms with Crippen molar-refractivity contribution < 1.29 is 4.52 Å². The second kappa shape index (κ2) is 4.21. The Bertz CT molecular complexity index is 323. The van der Waals surface area contributed by atoms with Gasteiger partial charge in [-0.05, 0) is 31.6 Å². The first-order chi connectivity index (χ1) is 7.20. The number of nitrogens with one attached hydrogen (secondary N) is 1. The maximum absolute atomic E-state index is 5.07. The van der Waals surface area contributed by atoms with Crippen LogP contribution in [-0.2, 0) is 0 Å². The van der Waals surface area contributed by atoms with Crippen LogP contribution in [0.4, 0.5) is 6.01 Å². The van der Waals surface area contributed by atoms with Gasteiger partial charge in [-0.1, -0.05) is 25.4 Å². The van der Waals surface area contributed by atoms with E-state index in [0.29, 0.717) is 23.8 Å². The fourth-order valence-corrected chi connectivity index (χ4v) is 2.54. The number of hydrogen-bond acceptors (Lipinski definition) is 4. The van der Waals surface area contributed by atoms with Crippen LogP contribution in [0.15, 0.2) is 4.52 Å². The number of hydrogen-bond donors (Lipinski definition) is 1. The number of nitrogens with zero attached hydrogens (tertiary/aromatic N) is 2. The van der Waals surface area contributed by atoms with Crippen molar-refractivity contribution in [3.8, 4) is 0 Å². The molecule has 4 heteroatoms. The van der Waals surface area contributed by atoms with E-state index in [2.05, 4.69) is 29.3 Å². The highest BCUT2D eigenvalue weighted by atomic mass is 16.5. The maximum atomic E-state index is 5.07. The smallest absolute Gasteiger partial charge is 0.321 e. The van der Waals surface area contributed by atoms with E-state index in [-0.39, 0.29) is 0 Å². The van der Waals surface area contributed by atoms with Crippen LogP contribution < -0.4 is 5.32 Å². The molecule has 2 rings (SSSR count). The van der Waals surface area contributed by atoms with Crippen molar-refractivity contribution in [3.63, 3.8) is 0 Å². The Kier molecular flexibility index (Phi) is 2.93. The molecule has 3 atom stereocenters. The second-order valence-corrected chi connectivity index (χ2v) is 4.50.